The Morgan fingerprint density at radius 2 is 1.91 bits per heavy atom. The molecule has 5 aromatic rings. The van der Waals surface area contributed by atoms with Crippen molar-refractivity contribution in [3.05, 3.63) is 67.0 Å². The maximum Gasteiger partial charge on any atom is 0.257 e. The number of likely N-dealkylation sites (N-methyl/N-ethyl adjacent to an activating group) is 1. The highest BCUT2D eigenvalue weighted by Crippen LogP contribution is 2.29. The van der Waals surface area contributed by atoms with E-state index in [9.17, 15) is 4.79 Å². The molecule has 0 unspecified atom stereocenters. The summed E-state index contributed by atoms with van der Waals surface area (Å²) in [5, 5.41) is 7.93. The Balaban J connectivity index is 1.22. The number of anilines is 2. The zero-order valence-corrected chi connectivity index (χ0v) is 18.6. The normalized spacial score (nSPS) is 14.7. The van der Waals surface area contributed by atoms with E-state index in [1.807, 2.05) is 42.7 Å². The van der Waals surface area contributed by atoms with Gasteiger partial charge in [-0.1, -0.05) is 0 Å². The minimum Gasteiger partial charge on any atom is -0.354 e. The lowest BCUT2D eigenvalue weighted by molar-refractivity contribution is 0.102. The lowest BCUT2D eigenvalue weighted by Gasteiger charge is -2.33. The molecule has 5 aromatic heterocycles. The largest absolute Gasteiger partial charge is 0.354 e. The summed E-state index contributed by atoms with van der Waals surface area (Å²) in [6.07, 6.45) is 8.55. The van der Waals surface area contributed by atoms with Gasteiger partial charge in [0.1, 0.15) is 17.8 Å². The third-order valence-electron chi connectivity index (χ3n) is 6.22. The minimum atomic E-state index is -0.233. The van der Waals surface area contributed by atoms with Crippen LogP contribution in [0, 0.1) is 0 Å². The number of carbonyl (C=O) groups excluding carboxylic acids is 1. The first kappa shape index (κ1) is 20.3. The number of nitrogens with one attached hydrogen (secondary N) is 2. The molecule has 0 bridgehead atoms. The van der Waals surface area contributed by atoms with E-state index in [2.05, 4.69) is 47.2 Å². The molecule has 6 heterocycles. The van der Waals surface area contributed by atoms with Crippen LogP contribution in [0.25, 0.3) is 27.8 Å². The summed E-state index contributed by atoms with van der Waals surface area (Å²) in [5.74, 6) is 0.694. The van der Waals surface area contributed by atoms with E-state index in [0.717, 1.165) is 54.2 Å². The van der Waals surface area contributed by atoms with Gasteiger partial charge >= 0.3 is 0 Å². The molecule has 6 rings (SSSR count). The van der Waals surface area contributed by atoms with Crippen LogP contribution in [0.1, 0.15) is 10.4 Å². The molecule has 1 fully saturated rings. The van der Waals surface area contributed by atoms with Crippen molar-refractivity contribution in [3.63, 3.8) is 0 Å². The van der Waals surface area contributed by atoms with Crippen molar-refractivity contribution >= 4 is 34.1 Å². The quantitative estimate of drug-likeness (QED) is 0.431. The molecule has 0 radical (unpaired) electrons. The number of amides is 1. The second-order valence-electron chi connectivity index (χ2n) is 8.45. The van der Waals surface area contributed by atoms with E-state index in [1.165, 1.54) is 6.33 Å². The Morgan fingerprint density at radius 1 is 1.03 bits per heavy atom. The monoisotopic (exact) mass is 453 g/mol. The minimum absolute atomic E-state index is 0.233. The van der Waals surface area contributed by atoms with Crippen LogP contribution in [0.4, 0.5) is 11.5 Å². The van der Waals surface area contributed by atoms with Crippen LogP contribution in [0.2, 0.25) is 0 Å². The molecule has 1 amide bonds. The van der Waals surface area contributed by atoms with E-state index in [4.69, 9.17) is 0 Å². The fourth-order valence-corrected chi connectivity index (χ4v) is 4.24. The zero-order chi connectivity index (χ0) is 23.1. The maximum atomic E-state index is 13.0. The van der Waals surface area contributed by atoms with E-state index in [1.54, 1.807) is 16.9 Å². The van der Waals surface area contributed by atoms with Crippen molar-refractivity contribution in [2.24, 2.45) is 0 Å². The van der Waals surface area contributed by atoms with Gasteiger partial charge in [-0.25, -0.2) is 19.5 Å². The molecular formula is C24H23N9O. The van der Waals surface area contributed by atoms with Gasteiger partial charge in [-0.05, 0) is 42.9 Å². The highest BCUT2D eigenvalue weighted by Gasteiger charge is 2.16. The van der Waals surface area contributed by atoms with Crippen LogP contribution in [0.5, 0.6) is 0 Å². The number of rotatable bonds is 4. The van der Waals surface area contributed by atoms with E-state index >= 15 is 0 Å². The molecule has 0 atom stereocenters. The summed E-state index contributed by atoms with van der Waals surface area (Å²) >= 11 is 0. The topological polar surface area (TPSA) is 107 Å². The molecule has 0 spiro atoms. The third-order valence-corrected chi connectivity index (χ3v) is 6.22. The first-order chi connectivity index (χ1) is 16.6. The lowest BCUT2D eigenvalue weighted by atomic mass is 10.1. The van der Waals surface area contributed by atoms with Crippen molar-refractivity contribution in [2.75, 3.05) is 43.4 Å². The number of aromatic nitrogens is 6. The predicted octanol–water partition coefficient (Wildman–Crippen LogP) is 2.67. The highest BCUT2D eigenvalue weighted by atomic mass is 16.1. The van der Waals surface area contributed by atoms with Crippen molar-refractivity contribution in [1.29, 1.82) is 0 Å². The van der Waals surface area contributed by atoms with E-state index < -0.39 is 0 Å². The molecular weight excluding hydrogens is 430 g/mol. The van der Waals surface area contributed by atoms with Crippen LogP contribution < -0.4 is 10.2 Å². The number of hydrogen-bond donors (Lipinski definition) is 2. The lowest BCUT2D eigenvalue weighted by Crippen LogP contribution is -2.44. The molecule has 1 aliphatic rings. The first-order valence-electron chi connectivity index (χ1n) is 11.1. The summed E-state index contributed by atoms with van der Waals surface area (Å²) in [5.41, 5.74) is 4.50. The van der Waals surface area contributed by atoms with Gasteiger partial charge < -0.3 is 20.1 Å². The van der Waals surface area contributed by atoms with Gasteiger partial charge in [0.15, 0.2) is 5.65 Å². The smallest absolute Gasteiger partial charge is 0.257 e. The van der Waals surface area contributed by atoms with Gasteiger partial charge in [-0.15, -0.1) is 0 Å². The van der Waals surface area contributed by atoms with Crippen molar-refractivity contribution in [2.45, 2.75) is 0 Å². The molecule has 1 aliphatic heterocycles. The molecule has 10 heteroatoms. The van der Waals surface area contributed by atoms with Crippen molar-refractivity contribution in [3.8, 4) is 11.1 Å². The fraction of sp³-hybridized carbons (Fsp3) is 0.208. The standard InChI is InChI=1S/C24H23N9O/c1-31-6-8-32(9-7-31)21-3-2-18(13-25-21)30-24(34)17-10-19-20(14-27-23(19)26-12-17)16-4-5-33-22(11-16)28-15-29-33/h2-5,10-15H,6-9H2,1H3,(H,26,27)(H,30,34). The number of aromatic amines is 1. The highest BCUT2D eigenvalue weighted by molar-refractivity contribution is 6.07. The Hall–Kier alpha value is -4.31. The van der Waals surface area contributed by atoms with Gasteiger partial charge in [0.2, 0.25) is 0 Å². The van der Waals surface area contributed by atoms with Gasteiger partial charge in [-0.3, -0.25) is 4.79 Å². The Labute approximate surface area is 195 Å². The molecule has 10 nitrogen and oxygen atoms in total. The van der Waals surface area contributed by atoms with E-state index in [0.29, 0.717) is 16.9 Å². The molecule has 2 N–H and O–H groups in total. The number of carbonyl (C=O) groups is 1. The number of piperazine rings is 1. The molecule has 0 saturated carbocycles. The summed E-state index contributed by atoms with van der Waals surface area (Å²) in [7, 11) is 2.13. The third kappa shape index (κ3) is 3.73. The predicted molar refractivity (Wildman–Crippen MR) is 130 cm³/mol. The van der Waals surface area contributed by atoms with Crippen LogP contribution in [0.15, 0.2) is 61.4 Å². The average molecular weight is 454 g/mol. The number of fused-ring (bicyclic) bond motifs is 2. The Bertz CT molecular complexity index is 1480. The summed E-state index contributed by atoms with van der Waals surface area (Å²) in [6.45, 7) is 3.93. The SMILES string of the molecule is CN1CCN(c2ccc(NC(=O)c3cnc4[nH]cc(-c5ccn6ncnc6c5)c4c3)cn2)CC1. The zero-order valence-electron chi connectivity index (χ0n) is 18.6. The fourth-order valence-electron chi connectivity index (χ4n) is 4.24. The van der Waals surface area contributed by atoms with Crippen LogP contribution in [-0.2, 0) is 0 Å². The van der Waals surface area contributed by atoms with Crippen molar-refractivity contribution in [1.82, 2.24) is 34.4 Å². The first-order valence-corrected chi connectivity index (χ1v) is 11.1. The van der Waals surface area contributed by atoms with Gasteiger partial charge in [0.25, 0.3) is 5.91 Å². The van der Waals surface area contributed by atoms with Gasteiger partial charge in [-0.2, -0.15) is 5.10 Å². The Kier molecular flexibility index (Phi) is 4.92. The number of nitrogens with zero attached hydrogens (tertiary/aromatic N) is 7. The second kappa shape index (κ2) is 8.23. The van der Waals surface area contributed by atoms with Gasteiger partial charge in [0.05, 0.1) is 17.4 Å². The summed E-state index contributed by atoms with van der Waals surface area (Å²) in [4.78, 5) is 34.0. The van der Waals surface area contributed by atoms with Gasteiger partial charge in [0, 0.05) is 55.7 Å². The molecule has 170 valence electrons. The van der Waals surface area contributed by atoms with Crippen LogP contribution >= 0.6 is 0 Å². The number of hydrogen-bond acceptors (Lipinski definition) is 7. The second-order valence-corrected chi connectivity index (χ2v) is 8.45. The number of pyridine rings is 3. The van der Waals surface area contributed by atoms with E-state index in [-0.39, 0.29) is 5.91 Å². The van der Waals surface area contributed by atoms with Crippen LogP contribution in [0.3, 0.4) is 0 Å². The maximum absolute atomic E-state index is 13.0. The molecule has 0 aromatic carbocycles. The molecule has 34 heavy (non-hydrogen) atoms. The van der Waals surface area contributed by atoms with Crippen LogP contribution in [-0.4, -0.2) is 73.6 Å². The van der Waals surface area contributed by atoms with Crippen molar-refractivity contribution < 1.29 is 4.79 Å². The molecule has 1 saturated heterocycles. The summed E-state index contributed by atoms with van der Waals surface area (Å²) < 4.78 is 1.71. The summed E-state index contributed by atoms with van der Waals surface area (Å²) in [6, 6.07) is 9.61. The Morgan fingerprint density at radius 3 is 2.74 bits per heavy atom. The molecule has 0 aliphatic carbocycles. The number of H-pyrrole nitrogens is 1. The average Bonchev–Trinajstić information content (AvgIpc) is 3.51.